The second-order valence-corrected chi connectivity index (χ2v) is 7.12. The van der Waals surface area contributed by atoms with E-state index in [1.165, 1.54) is 23.5 Å². The summed E-state index contributed by atoms with van der Waals surface area (Å²) in [5.41, 5.74) is 3.38. The molecule has 3 nitrogen and oxygen atoms in total. The van der Waals surface area contributed by atoms with E-state index in [1.54, 1.807) is 12.1 Å². The van der Waals surface area contributed by atoms with E-state index in [0.29, 0.717) is 10.2 Å². The molecular formula is C21H13ClFN3S. The van der Waals surface area contributed by atoms with E-state index >= 15 is 0 Å². The molecule has 4 rings (SSSR count). The van der Waals surface area contributed by atoms with Gasteiger partial charge in [0.25, 0.3) is 0 Å². The molecule has 27 heavy (non-hydrogen) atoms. The van der Waals surface area contributed by atoms with E-state index < -0.39 is 0 Å². The number of hydrogen-bond donors (Lipinski definition) is 0. The first-order chi connectivity index (χ1) is 13.2. The minimum absolute atomic E-state index is 0.285. The van der Waals surface area contributed by atoms with Crippen molar-refractivity contribution in [1.29, 1.82) is 0 Å². The monoisotopic (exact) mass is 393 g/mol. The summed E-state index contributed by atoms with van der Waals surface area (Å²) in [5.74, 6) is -0.285. The second-order valence-electron chi connectivity index (χ2n) is 5.73. The third-order valence-corrected chi connectivity index (χ3v) is 5.00. The Morgan fingerprint density at radius 1 is 0.815 bits per heavy atom. The van der Waals surface area contributed by atoms with E-state index in [1.807, 2.05) is 54.6 Å². The third-order valence-electron chi connectivity index (χ3n) is 3.88. The maximum atomic E-state index is 13.3. The highest BCUT2D eigenvalue weighted by Crippen LogP contribution is 2.30. The summed E-state index contributed by atoms with van der Waals surface area (Å²) in [4.78, 5) is 4.71. The predicted molar refractivity (Wildman–Crippen MR) is 108 cm³/mol. The van der Waals surface area contributed by atoms with Crippen LogP contribution in [0.4, 0.5) is 9.52 Å². The van der Waals surface area contributed by atoms with Crippen LogP contribution >= 0.6 is 22.9 Å². The summed E-state index contributed by atoms with van der Waals surface area (Å²) < 4.78 is 13.3. The Kier molecular flexibility index (Phi) is 5.05. The molecule has 0 saturated heterocycles. The molecule has 132 valence electrons. The Morgan fingerprint density at radius 3 is 2.19 bits per heavy atom. The van der Waals surface area contributed by atoms with Crippen molar-refractivity contribution >= 4 is 33.8 Å². The van der Waals surface area contributed by atoms with Gasteiger partial charge >= 0.3 is 0 Å². The molecule has 4 aromatic rings. The van der Waals surface area contributed by atoms with Gasteiger partial charge in [-0.05, 0) is 36.4 Å². The fraction of sp³-hybridized carbons (Fsp3) is 0. The van der Waals surface area contributed by atoms with E-state index in [0.717, 1.165) is 27.4 Å². The van der Waals surface area contributed by atoms with Crippen LogP contribution in [0.15, 0.2) is 83.9 Å². The number of halogens is 2. The summed E-state index contributed by atoms with van der Waals surface area (Å²) in [6.07, 6.45) is 0. The zero-order chi connectivity index (χ0) is 18.6. The first-order valence-corrected chi connectivity index (χ1v) is 9.38. The maximum Gasteiger partial charge on any atom is 0.232 e. The maximum absolute atomic E-state index is 13.3. The smallest absolute Gasteiger partial charge is 0.217 e. The molecule has 0 amide bonds. The van der Waals surface area contributed by atoms with Crippen LogP contribution in [0.1, 0.15) is 11.1 Å². The highest BCUT2D eigenvalue weighted by atomic mass is 35.5. The first kappa shape index (κ1) is 17.5. The van der Waals surface area contributed by atoms with Crippen LogP contribution in [0.3, 0.4) is 0 Å². The van der Waals surface area contributed by atoms with Crippen LogP contribution in [0.2, 0.25) is 5.02 Å². The predicted octanol–water partition coefficient (Wildman–Crippen LogP) is 6.17. The highest BCUT2D eigenvalue weighted by Gasteiger charge is 2.11. The summed E-state index contributed by atoms with van der Waals surface area (Å²) in [6.45, 7) is 0. The van der Waals surface area contributed by atoms with Crippen molar-refractivity contribution in [3.63, 3.8) is 0 Å². The van der Waals surface area contributed by atoms with Crippen molar-refractivity contribution in [2.75, 3.05) is 0 Å². The van der Waals surface area contributed by atoms with E-state index in [-0.39, 0.29) is 5.82 Å². The number of rotatable bonds is 4. The number of hydrogen-bond acceptors (Lipinski definition) is 4. The molecular weight excluding hydrogens is 381 g/mol. The average Bonchev–Trinajstić information content (AvgIpc) is 3.17. The number of nitrogens with zero attached hydrogens (tertiary/aromatic N) is 3. The van der Waals surface area contributed by atoms with E-state index in [2.05, 4.69) is 10.2 Å². The van der Waals surface area contributed by atoms with Crippen molar-refractivity contribution < 1.29 is 4.39 Å². The molecule has 0 spiro atoms. The quantitative estimate of drug-likeness (QED) is 0.389. The van der Waals surface area contributed by atoms with Gasteiger partial charge in [-0.3, -0.25) is 0 Å². The Balaban J connectivity index is 1.75. The molecule has 0 unspecified atom stereocenters. The highest BCUT2D eigenvalue weighted by molar-refractivity contribution is 7.18. The molecule has 0 N–H and O–H groups in total. The van der Waals surface area contributed by atoms with Gasteiger partial charge in [-0.2, -0.15) is 0 Å². The molecule has 0 aliphatic carbocycles. The van der Waals surface area contributed by atoms with Gasteiger partial charge in [-0.1, -0.05) is 65.4 Å². The standard InChI is InChI=1S/C21H13ClFN3S/c22-17-10-6-16(7-11-17)20-25-26-21(27-20)24-19(14-4-2-1-3-5-14)15-8-12-18(23)13-9-15/h1-13H/b24-19-. The lowest BCUT2D eigenvalue weighted by molar-refractivity contribution is 0.628. The van der Waals surface area contributed by atoms with Crippen molar-refractivity contribution in [3.8, 4) is 10.6 Å². The van der Waals surface area contributed by atoms with Crippen molar-refractivity contribution in [1.82, 2.24) is 10.2 Å². The number of benzene rings is 3. The molecule has 0 atom stereocenters. The second kappa shape index (κ2) is 7.78. The lowest BCUT2D eigenvalue weighted by atomic mass is 10.0. The van der Waals surface area contributed by atoms with Gasteiger partial charge < -0.3 is 0 Å². The summed E-state index contributed by atoms with van der Waals surface area (Å²) in [6, 6.07) is 23.4. The number of aromatic nitrogens is 2. The van der Waals surface area contributed by atoms with Crippen molar-refractivity contribution in [2.45, 2.75) is 0 Å². The average molecular weight is 394 g/mol. The fourth-order valence-corrected chi connectivity index (χ4v) is 3.42. The van der Waals surface area contributed by atoms with Crippen LogP contribution in [-0.2, 0) is 0 Å². The van der Waals surface area contributed by atoms with Gasteiger partial charge in [0.1, 0.15) is 10.8 Å². The topological polar surface area (TPSA) is 38.1 Å². The molecule has 1 aromatic heterocycles. The van der Waals surface area contributed by atoms with Gasteiger partial charge in [-0.25, -0.2) is 9.38 Å². The first-order valence-electron chi connectivity index (χ1n) is 8.18. The van der Waals surface area contributed by atoms with Crippen LogP contribution in [0.5, 0.6) is 0 Å². The van der Waals surface area contributed by atoms with Crippen LogP contribution in [0.25, 0.3) is 10.6 Å². The molecule has 0 bridgehead atoms. The zero-order valence-corrected chi connectivity index (χ0v) is 15.6. The molecule has 3 aromatic carbocycles. The van der Waals surface area contributed by atoms with Crippen LogP contribution in [-0.4, -0.2) is 15.9 Å². The van der Waals surface area contributed by atoms with Gasteiger partial charge in [0.05, 0.1) is 5.71 Å². The molecule has 0 saturated carbocycles. The van der Waals surface area contributed by atoms with Crippen molar-refractivity contribution in [3.05, 3.63) is 101 Å². The molecule has 0 fully saturated rings. The molecule has 0 aliphatic heterocycles. The van der Waals surface area contributed by atoms with Gasteiger partial charge in [0.2, 0.25) is 5.13 Å². The Labute approximate surface area is 164 Å². The fourth-order valence-electron chi connectivity index (χ4n) is 2.56. The minimum Gasteiger partial charge on any atom is -0.217 e. The van der Waals surface area contributed by atoms with Crippen LogP contribution < -0.4 is 0 Å². The van der Waals surface area contributed by atoms with Gasteiger partial charge in [-0.15, -0.1) is 10.2 Å². The normalized spacial score (nSPS) is 11.6. The Morgan fingerprint density at radius 2 is 1.48 bits per heavy atom. The molecule has 6 heteroatoms. The SMILES string of the molecule is Fc1ccc(/C(=N\c2nnc(-c3ccc(Cl)cc3)s2)c2ccccc2)cc1. The van der Waals surface area contributed by atoms with Gasteiger partial charge in [0, 0.05) is 21.7 Å². The minimum atomic E-state index is -0.285. The Bertz CT molecular complexity index is 1070. The molecule has 0 radical (unpaired) electrons. The van der Waals surface area contributed by atoms with Crippen LogP contribution in [0, 0.1) is 5.82 Å². The summed E-state index contributed by atoms with van der Waals surface area (Å²) >= 11 is 7.32. The lowest BCUT2D eigenvalue weighted by Gasteiger charge is -2.06. The molecule has 1 heterocycles. The molecule has 0 aliphatic rings. The summed E-state index contributed by atoms with van der Waals surface area (Å²) in [5, 5.41) is 10.4. The van der Waals surface area contributed by atoms with Gasteiger partial charge in [0.15, 0.2) is 0 Å². The Hall–Kier alpha value is -2.89. The lowest BCUT2D eigenvalue weighted by Crippen LogP contribution is -2.02. The summed E-state index contributed by atoms with van der Waals surface area (Å²) in [7, 11) is 0. The largest absolute Gasteiger partial charge is 0.232 e. The van der Waals surface area contributed by atoms with Crippen molar-refractivity contribution in [2.24, 2.45) is 4.99 Å². The van der Waals surface area contributed by atoms with E-state index in [4.69, 9.17) is 16.6 Å². The number of aliphatic imine (C=N–C) groups is 1. The van der Waals surface area contributed by atoms with E-state index in [9.17, 15) is 4.39 Å². The zero-order valence-electron chi connectivity index (χ0n) is 14.0. The third kappa shape index (κ3) is 4.10.